The van der Waals surface area contributed by atoms with Crippen LogP contribution < -0.4 is 16.0 Å². The number of nitrogens with zero attached hydrogens (tertiary/aromatic N) is 2. The molecule has 36 heavy (non-hydrogen) atoms. The SMILES string of the molecule is COCc1cc(C(=O)N[C@@H](Cc2cscn2)C(=O)NCC(=O)N[C@@H](CC(C)C)C(=O)C2(C)CO2)no1. The number of Topliss-reactive ketones (excluding diaryl/α,β-unsaturated/α-hetero) is 1. The van der Waals surface area contributed by atoms with Crippen LogP contribution in [-0.2, 0) is 36.9 Å². The first-order chi connectivity index (χ1) is 17.1. The van der Waals surface area contributed by atoms with Crippen molar-refractivity contribution in [1.82, 2.24) is 26.1 Å². The molecule has 0 bridgehead atoms. The highest BCUT2D eigenvalue weighted by atomic mass is 32.1. The van der Waals surface area contributed by atoms with Crippen molar-refractivity contribution in [2.45, 2.75) is 57.9 Å². The molecule has 3 N–H and O–H groups in total. The number of thiazole rings is 1. The van der Waals surface area contributed by atoms with Crippen molar-refractivity contribution in [3.63, 3.8) is 0 Å². The smallest absolute Gasteiger partial charge is 0.274 e. The van der Waals surface area contributed by atoms with Crippen LogP contribution in [-0.4, -0.2) is 71.6 Å². The van der Waals surface area contributed by atoms with Crippen LogP contribution >= 0.6 is 11.3 Å². The summed E-state index contributed by atoms with van der Waals surface area (Å²) in [4.78, 5) is 55.1. The molecule has 12 nitrogen and oxygen atoms in total. The monoisotopic (exact) mass is 521 g/mol. The van der Waals surface area contributed by atoms with Gasteiger partial charge in [-0.05, 0) is 19.3 Å². The van der Waals surface area contributed by atoms with Crippen molar-refractivity contribution >= 4 is 34.8 Å². The summed E-state index contributed by atoms with van der Waals surface area (Å²) in [5.74, 6) is -1.40. The number of carbonyl (C=O) groups excluding carboxylic acids is 4. The van der Waals surface area contributed by atoms with E-state index in [0.29, 0.717) is 24.5 Å². The van der Waals surface area contributed by atoms with Gasteiger partial charge in [-0.1, -0.05) is 19.0 Å². The molecule has 196 valence electrons. The number of ether oxygens (including phenoxy) is 2. The van der Waals surface area contributed by atoms with Crippen LogP contribution in [0.3, 0.4) is 0 Å². The molecule has 3 amide bonds. The Balaban J connectivity index is 1.60. The predicted octanol–water partition coefficient (Wildman–Crippen LogP) is 0.624. The molecule has 3 rings (SSSR count). The van der Waals surface area contributed by atoms with Crippen molar-refractivity contribution < 1.29 is 33.2 Å². The minimum absolute atomic E-state index is 0.0123. The second-order valence-corrected chi connectivity index (χ2v) is 9.89. The van der Waals surface area contributed by atoms with Gasteiger partial charge in [0.2, 0.25) is 11.8 Å². The summed E-state index contributed by atoms with van der Waals surface area (Å²) in [7, 11) is 1.48. The fourth-order valence-corrected chi connectivity index (χ4v) is 4.05. The van der Waals surface area contributed by atoms with E-state index in [9.17, 15) is 19.2 Å². The van der Waals surface area contributed by atoms with E-state index in [0.717, 1.165) is 0 Å². The molecule has 0 spiro atoms. The summed E-state index contributed by atoms with van der Waals surface area (Å²) in [6, 6.07) is -0.331. The maximum absolute atomic E-state index is 12.9. The zero-order chi connectivity index (χ0) is 26.3. The Kier molecular flexibility index (Phi) is 9.29. The molecule has 0 saturated carbocycles. The molecule has 3 atom stereocenters. The Morgan fingerprint density at radius 2 is 1.97 bits per heavy atom. The van der Waals surface area contributed by atoms with Crippen LogP contribution in [0.5, 0.6) is 0 Å². The van der Waals surface area contributed by atoms with E-state index < -0.39 is 35.4 Å². The third kappa shape index (κ3) is 7.67. The van der Waals surface area contributed by atoms with E-state index in [1.165, 1.54) is 24.5 Å². The van der Waals surface area contributed by atoms with Gasteiger partial charge in [-0.3, -0.25) is 19.2 Å². The fraction of sp³-hybridized carbons (Fsp3) is 0.565. The quantitative estimate of drug-likeness (QED) is 0.302. The van der Waals surface area contributed by atoms with E-state index >= 15 is 0 Å². The second-order valence-electron chi connectivity index (χ2n) is 9.17. The molecule has 2 aromatic rings. The molecule has 2 aromatic heterocycles. The number of nitrogens with one attached hydrogen (secondary N) is 3. The number of hydrogen-bond donors (Lipinski definition) is 3. The number of epoxide rings is 1. The lowest BCUT2D eigenvalue weighted by Gasteiger charge is -2.22. The van der Waals surface area contributed by atoms with Gasteiger partial charge in [-0.2, -0.15) is 0 Å². The molecule has 1 unspecified atom stereocenters. The summed E-state index contributed by atoms with van der Waals surface area (Å²) in [6.45, 7) is 5.68. The highest BCUT2D eigenvalue weighted by molar-refractivity contribution is 7.07. The zero-order valence-corrected chi connectivity index (χ0v) is 21.5. The van der Waals surface area contributed by atoms with Gasteiger partial charge in [-0.25, -0.2) is 4.98 Å². The van der Waals surface area contributed by atoms with E-state index in [2.05, 4.69) is 26.1 Å². The summed E-state index contributed by atoms with van der Waals surface area (Å²) < 4.78 is 15.2. The molecule has 1 aliphatic heterocycles. The summed E-state index contributed by atoms with van der Waals surface area (Å²) in [5, 5.41) is 13.3. The van der Waals surface area contributed by atoms with E-state index in [1.807, 2.05) is 13.8 Å². The second kappa shape index (κ2) is 12.2. The van der Waals surface area contributed by atoms with Crippen LogP contribution in [0, 0.1) is 5.92 Å². The van der Waals surface area contributed by atoms with Gasteiger partial charge < -0.3 is 29.9 Å². The van der Waals surface area contributed by atoms with Crippen molar-refractivity contribution in [1.29, 1.82) is 0 Å². The zero-order valence-electron chi connectivity index (χ0n) is 20.7. The largest absolute Gasteiger partial charge is 0.377 e. The number of rotatable bonds is 14. The summed E-state index contributed by atoms with van der Waals surface area (Å²) in [6.07, 6.45) is 0.554. The van der Waals surface area contributed by atoms with Gasteiger partial charge in [0.1, 0.15) is 18.2 Å². The lowest BCUT2D eigenvalue weighted by Crippen LogP contribution is -2.52. The number of aromatic nitrogens is 2. The Morgan fingerprint density at radius 3 is 2.58 bits per heavy atom. The molecule has 0 aliphatic carbocycles. The Labute approximate surface area is 212 Å². The lowest BCUT2D eigenvalue weighted by molar-refractivity contribution is -0.131. The van der Waals surface area contributed by atoms with Crippen LogP contribution in [0.1, 0.15) is 49.1 Å². The average molecular weight is 522 g/mol. The maximum atomic E-state index is 12.9. The summed E-state index contributed by atoms with van der Waals surface area (Å²) >= 11 is 1.35. The molecule has 1 fully saturated rings. The molecule has 0 aromatic carbocycles. The predicted molar refractivity (Wildman–Crippen MR) is 128 cm³/mol. The Bertz CT molecular complexity index is 1060. The normalized spacial score (nSPS) is 18.4. The fourth-order valence-electron chi connectivity index (χ4n) is 3.48. The standard InChI is InChI=1S/C23H31N5O7S/c1-13(2)5-16(20(30)23(3)11-34-23)26-19(29)8-24-21(31)17(6-14-10-36-12-25-14)27-22(32)18-7-15(9-33-4)35-28-18/h7,10,12-13,16-17H,5-6,8-9,11H2,1-4H3,(H,24,31)(H,26,29)(H,27,32)/t16-,17-,23?/m0/s1. The molecular weight excluding hydrogens is 490 g/mol. The average Bonchev–Trinajstić information content (AvgIpc) is 3.19. The van der Waals surface area contributed by atoms with Gasteiger partial charge in [0.25, 0.3) is 5.91 Å². The Hall–Kier alpha value is -3.16. The van der Waals surface area contributed by atoms with Crippen LogP contribution in [0.15, 0.2) is 21.5 Å². The van der Waals surface area contributed by atoms with E-state index in [4.69, 9.17) is 14.0 Å². The molecule has 0 radical (unpaired) electrons. The molecule has 1 aliphatic rings. The lowest BCUT2D eigenvalue weighted by atomic mass is 9.93. The van der Waals surface area contributed by atoms with Gasteiger partial charge in [0, 0.05) is 25.0 Å². The third-order valence-corrected chi connectivity index (χ3v) is 6.11. The molecular formula is C23H31N5O7S. The van der Waals surface area contributed by atoms with E-state index in [-0.39, 0.29) is 37.0 Å². The van der Waals surface area contributed by atoms with Crippen LogP contribution in [0.2, 0.25) is 0 Å². The number of amides is 3. The highest BCUT2D eigenvalue weighted by Gasteiger charge is 2.50. The number of hydrogen-bond acceptors (Lipinski definition) is 10. The molecule has 1 saturated heterocycles. The van der Waals surface area contributed by atoms with Crippen LogP contribution in [0.4, 0.5) is 0 Å². The minimum atomic E-state index is -1.03. The van der Waals surface area contributed by atoms with Crippen molar-refractivity contribution in [2.24, 2.45) is 5.92 Å². The number of carbonyl (C=O) groups is 4. The number of ketones is 1. The molecule has 13 heteroatoms. The number of methoxy groups -OCH3 is 1. The van der Waals surface area contributed by atoms with Crippen molar-refractivity contribution in [3.8, 4) is 0 Å². The van der Waals surface area contributed by atoms with Gasteiger partial charge in [0.15, 0.2) is 17.2 Å². The van der Waals surface area contributed by atoms with Crippen molar-refractivity contribution in [3.05, 3.63) is 34.1 Å². The summed E-state index contributed by atoms with van der Waals surface area (Å²) in [5.41, 5.74) is 1.33. The van der Waals surface area contributed by atoms with Gasteiger partial charge >= 0.3 is 0 Å². The van der Waals surface area contributed by atoms with E-state index in [1.54, 1.807) is 17.8 Å². The van der Waals surface area contributed by atoms with Gasteiger partial charge in [-0.15, -0.1) is 11.3 Å². The topological polar surface area (TPSA) is 165 Å². The Morgan fingerprint density at radius 1 is 1.22 bits per heavy atom. The van der Waals surface area contributed by atoms with Crippen molar-refractivity contribution in [2.75, 3.05) is 20.3 Å². The van der Waals surface area contributed by atoms with Gasteiger partial charge in [0.05, 0.1) is 30.4 Å². The first kappa shape index (κ1) is 27.4. The first-order valence-electron chi connectivity index (χ1n) is 11.5. The molecule has 3 heterocycles. The van der Waals surface area contributed by atoms with Crippen LogP contribution in [0.25, 0.3) is 0 Å². The third-order valence-electron chi connectivity index (χ3n) is 5.48. The highest BCUT2D eigenvalue weighted by Crippen LogP contribution is 2.29. The minimum Gasteiger partial charge on any atom is -0.377 e. The first-order valence-corrected chi connectivity index (χ1v) is 12.4. The maximum Gasteiger partial charge on any atom is 0.274 e.